The molecular weight excluding hydrogens is 801 g/mol. The Hall–Kier alpha value is -6.56. The summed E-state index contributed by atoms with van der Waals surface area (Å²) in [6.45, 7) is 14.6. The standard InChI is InChI=1S/C52H54O11/c1-6-9-30-58-39(32-60-47(53)7-2)31-59-38-28-26-37(27-29-38)52(45-20-14-12-16-41(45)42-17-13-15-21-46(42)52)36-24-22-35(23-25-36)51(4,5)62-34-40(33-61-48(54)8-3)63-50(57)44-19-11-10-18-43(44)49(55)56/h6-8,10-17,20-29,39-40,43-44H,1-3,9,18-19,30-34H2,4-5H3,(H,55,56). The van der Waals surface area contributed by atoms with Crippen LogP contribution >= 0.6 is 0 Å². The van der Waals surface area contributed by atoms with E-state index in [4.69, 9.17) is 28.4 Å². The van der Waals surface area contributed by atoms with Gasteiger partial charge in [0.15, 0.2) is 6.10 Å². The van der Waals surface area contributed by atoms with Crippen LogP contribution in [0.25, 0.3) is 11.1 Å². The van der Waals surface area contributed by atoms with Crippen molar-refractivity contribution in [1.82, 2.24) is 0 Å². The molecule has 328 valence electrons. The van der Waals surface area contributed by atoms with E-state index in [-0.39, 0.29) is 39.3 Å². The molecule has 0 heterocycles. The van der Waals surface area contributed by atoms with Crippen molar-refractivity contribution in [1.29, 1.82) is 0 Å². The van der Waals surface area contributed by atoms with E-state index in [0.717, 1.165) is 51.1 Å². The van der Waals surface area contributed by atoms with E-state index in [1.807, 2.05) is 50.2 Å². The van der Waals surface area contributed by atoms with Gasteiger partial charge < -0.3 is 33.5 Å². The highest BCUT2D eigenvalue weighted by Gasteiger charge is 2.46. The molecule has 11 nitrogen and oxygen atoms in total. The average Bonchev–Trinajstić information content (AvgIpc) is 3.61. The monoisotopic (exact) mass is 854 g/mol. The SMILES string of the molecule is C=CCCOC(COC(=O)C=C)COc1ccc(C2(c3ccc(C(C)(C)OCC(COC(=O)C=C)OC(=O)C4CC=CCC4C(=O)O)cc3)c3ccccc3-c3ccccc32)cc1. The van der Waals surface area contributed by atoms with Crippen LogP contribution in [0.4, 0.5) is 0 Å². The summed E-state index contributed by atoms with van der Waals surface area (Å²) in [6.07, 6.45) is 6.97. The Kier molecular flexibility index (Phi) is 15.3. The van der Waals surface area contributed by atoms with Crippen LogP contribution in [0.5, 0.6) is 5.75 Å². The van der Waals surface area contributed by atoms with Gasteiger partial charge in [0, 0.05) is 12.2 Å². The van der Waals surface area contributed by atoms with E-state index in [0.29, 0.717) is 18.8 Å². The Bertz CT molecular complexity index is 2260. The van der Waals surface area contributed by atoms with Gasteiger partial charge in [0.25, 0.3) is 0 Å². The molecule has 0 saturated carbocycles. The Morgan fingerprint density at radius 2 is 1.25 bits per heavy atom. The van der Waals surface area contributed by atoms with Crippen LogP contribution in [0.3, 0.4) is 0 Å². The van der Waals surface area contributed by atoms with Crippen LogP contribution in [0, 0.1) is 11.8 Å². The minimum absolute atomic E-state index is 0.0151. The Morgan fingerprint density at radius 1 is 0.714 bits per heavy atom. The Labute approximate surface area is 368 Å². The number of carboxylic acids is 1. The zero-order chi connectivity index (χ0) is 45.0. The molecule has 0 amide bonds. The van der Waals surface area contributed by atoms with Crippen LogP contribution in [-0.4, -0.2) is 74.2 Å². The molecule has 63 heavy (non-hydrogen) atoms. The molecule has 6 rings (SSSR count). The number of hydrogen-bond acceptors (Lipinski definition) is 10. The number of fused-ring (bicyclic) bond motifs is 3. The van der Waals surface area contributed by atoms with Crippen molar-refractivity contribution in [2.75, 3.05) is 33.0 Å². The molecule has 2 aliphatic carbocycles. The molecule has 0 fully saturated rings. The summed E-state index contributed by atoms with van der Waals surface area (Å²) in [7, 11) is 0. The summed E-state index contributed by atoms with van der Waals surface area (Å²) >= 11 is 0. The average molecular weight is 855 g/mol. The number of allylic oxidation sites excluding steroid dienone is 2. The number of aliphatic carboxylic acids is 1. The topological polar surface area (TPSA) is 144 Å². The molecule has 0 aromatic heterocycles. The lowest BCUT2D eigenvalue weighted by atomic mass is 9.67. The highest BCUT2D eigenvalue weighted by molar-refractivity contribution is 5.86. The second-order valence-electron chi connectivity index (χ2n) is 15.9. The van der Waals surface area contributed by atoms with Crippen molar-refractivity contribution in [2.24, 2.45) is 11.8 Å². The fraction of sp³-hybridized carbons (Fsp3) is 0.308. The van der Waals surface area contributed by atoms with Crippen molar-refractivity contribution < 1.29 is 52.7 Å². The fourth-order valence-corrected chi connectivity index (χ4v) is 8.17. The van der Waals surface area contributed by atoms with Crippen LogP contribution < -0.4 is 4.74 Å². The summed E-state index contributed by atoms with van der Waals surface area (Å²) in [5, 5.41) is 9.74. The second-order valence-corrected chi connectivity index (χ2v) is 15.9. The van der Waals surface area contributed by atoms with Gasteiger partial charge in [0.05, 0.1) is 36.1 Å². The van der Waals surface area contributed by atoms with E-state index in [2.05, 4.69) is 80.4 Å². The molecule has 0 aliphatic heterocycles. The van der Waals surface area contributed by atoms with Crippen molar-refractivity contribution in [2.45, 2.75) is 56.3 Å². The number of carbonyl (C=O) groups excluding carboxylic acids is 3. The number of ether oxygens (including phenoxy) is 6. The summed E-state index contributed by atoms with van der Waals surface area (Å²) in [6, 6.07) is 33.1. The molecule has 4 aromatic carbocycles. The number of rotatable bonds is 22. The molecule has 4 aromatic rings. The number of benzene rings is 4. The normalized spacial score (nSPS) is 16.9. The first-order valence-corrected chi connectivity index (χ1v) is 21.0. The first-order valence-electron chi connectivity index (χ1n) is 21.0. The zero-order valence-corrected chi connectivity index (χ0v) is 35.7. The molecule has 4 unspecified atom stereocenters. The van der Waals surface area contributed by atoms with E-state index in [1.54, 1.807) is 18.2 Å². The fourth-order valence-electron chi connectivity index (χ4n) is 8.17. The minimum Gasteiger partial charge on any atom is -0.491 e. The van der Waals surface area contributed by atoms with Crippen LogP contribution in [-0.2, 0) is 53.9 Å². The maximum absolute atomic E-state index is 13.3. The molecule has 0 spiro atoms. The van der Waals surface area contributed by atoms with Crippen molar-refractivity contribution >= 4 is 23.9 Å². The largest absolute Gasteiger partial charge is 0.491 e. The smallest absolute Gasteiger partial charge is 0.330 e. The predicted octanol–water partition coefficient (Wildman–Crippen LogP) is 8.68. The van der Waals surface area contributed by atoms with Gasteiger partial charge >= 0.3 is 23.9 Å². The maximum atomic E-state index is 13.3. The lowest BCUT2D eigenvalue weighted by molar-refractivity contribution is -0.173. The molecule has 4 atom stereocenters. The van der Waals surface area contributed by atoms with Gasteiger partial charge in [-0.25, -0.2) is 9.59 Å². The Balaban J connectivity index is 1.26. The van der Waals surface area contributed by atoms with Gasteiger partial charge in [-0.3, -0.25) is 9.59 Å². The van der Waals surface area contributed by atoms with E-state index < -0.39 is 58.9 Å². The first kappa shape index (κ1) is 46.0. The minimum atomic E-state index is -1.08. The van der Waals surface area contributed by atoms with E-state index in [1.165, 1.54) is 0 Å². The third-order valence-corrected chi connectivity index (χ3v) is 11.5. The quantitative estimate of drug-likeness (QED) is 0.0235. The molecule has 0 radical (unpaired) electrons. The van der Waals surface area contributed by atoms with Crippen molar-refractivity contribution in [3.8, 4) is 16.9 Å². The van der Waals surface area contributed by atoms with Gasteiger partial charge in [0.1, 0.15) is 31.7 Å². The first-order chi connectivity index (χ1) is 30.4. The molecule has 0 bridgehead atoms. The molecule has 1 N–H and O–H groups in total. The number of esters is 3. The summed E-state index contributed by atoms with van der Waals surface area (Å²) < 4.78 is 34.8. The van der Waals surface area contributed by atoms with E-state index >= 15 is 0 Å². The van der Waals surface area contributed by atoms with Gasteiger partial charge in [-0.15, -0.1) is 6.58 Å². The van der Waals surface area contributed by atoms with Crippen molar-refractivity contribution in [3.05, 3.63) is 175 Å². The van der Waals surface area contributed by atoms with Gasteiger partial charge in [-0.2, -0.15) is 0 Å². The van der Waals surface area contributed by atoms with E-state index in [9.17, 15) is 24.3 Å². The van der Waals surface area contributed by atoms with Gasteiger partial charge in [-0.05, 0) is 84.2 Å². The number of carboxylic acid groups (broad SMARTS) is 1. The number of carbonyl (C=O) groups is 4. The molecule has 0 saturated heterocycles. The lowest BCUT2D eigenvalue weighted by Gasteiger charge is -2.35. The summed E-state index contributed by atoms with van der Waals surface area (Å²) in [5.74, 6) is -4.18. The highest BCUT2D eigenvalue weighted by atomic mass is 16.6. The third kappa shape index (κ3) is 10.6. The predicted molar refractivity (Wildman–Crippen MR) is 238 cm³/mol. The summed E-state index contributed by atoms with van der Waals surface area (Å²) in [4.78, 5) is 49.0. The molecule has 2 aliphatic rings. The molecular formula is C52H54O11. The lowest BCUT2D eigenvalue weighted by Crippen LogP contribution is -2.38. The van der Waals surface area contributed by atoms with Crippen LogP contribution in [0.2, 0.25) is 0 Å². The zero-order valence-electron chi connectivity index (χ0n) is 35.7. The van der Waals surface area contributed by atoms with Crippen LogP contribution in [0.1, 0.15) is 60.9 Å². The highest BCUT2D eigenvalue weighted by Crippen LogP contribution is 2.56. The maximum Gasteiger partial charge on any atom is 0.330 e. The molecule has 11 heteroatoms. The second kappa shape index (κ2) is 21.0. The Morgan fingerprint density at radius 3 is 1.81 bits per heavy atom. The van der Waals surface area contributed by atoms with Gasteiger partial charge in [-0.1, -0.05) is 116 Å². The summed E-state index contributed by atoms with van der Waals surface area (Å²) in [5.41, 5.74) is 5.78. The van der Waals surface area contributed by atoms with Crippen molar-refractivity contribution in [3.63, 3.8) is 0 Å². The van der Waals surface area contributed by atoms with Gasteiger partial charge in [0.2, 0.25) is 0 Å². The van der Waals surface area contributed by atoms with Crippen LogP contribution in [0.15, 0.2) is 147 Å². The third-order valence-electron chi connectivity index (χ3n) is 11.5. The number of hydrogen-bond donors (Lipinski definition) is 1.